The van der Waals surface area contributed by atoms with Gasteiger partial charge in [0.1, 0.15) is 0 Å². The van der Waals surface area contributed by atoms with Gasteiger partial charge in [-0.15, -0.1) is 0 Å². The summed E-state index contributed by atoms with van der Waals surface area (Å²) in [5.74, 6) is 0. The molecule has 1 heterocycles. The Balaban J connectivity index is 2.96. The minimum Gasteiger partial charge on any atom is -0.310 e. The van der Waals surface area contributed by atoms with E-state index >= 15 is 0 Å². The first-order valence-electron chi connectivity index (χ1n) is 5.61. The number of hydrogen-bond donors (Lipinski definition) is 2. The molecule has 0 aliphatic carbocycles. The highest BCUT2D eigenvalue weighted by Crippen LogP contribution is 2.16. The summed E-state index contributed by atoms with van der Waals surface area (Å²) >= 11 is 0. The van der Waals surface area contributed by atoms with Crippen LogP contribution in [-0.2, 0) is 16.6 Å². The zero-order valence-electron chi connectivity index (χ0n) is 10.7. The van der Waals surface area contributed by atoms with Crippen LogP contribution in [0.25, 0.3) is 0 Å². The second kappa shape index (κ2) is 5.61. The van der Waals surface area contributed by atoms with Crippen molar-refractivity contribution in [3.63, 3.8) is 0 Å². The first kappa shape index (κ1) is 14.1. The van der Waals surface area contributed by atoms with Crippen molar-refractivity contribution in [2.75, 3.05) is 13.6 Å². The molecular formula is C10H20N4O2S. The monoisotopic (exact) mass is 260 g/mol. The Labute approximate surface area is 102 Å². The number of hydrogen-bond acceptors (Lipinski definition) is 4. The molecule has 0 fully saturated rings. The van der Waals surface area contributed by atoms with E-state index in [1.54, 1.807) is 20.2 Å². The van der Waals surface area contributed by atoms with Crippen LogP contribution in [0.3, 0.4) is 0 Å². The van der Waals surface area contributed by atoms with Gasteiger partial charge in [-0.1, -0.05) is 20.8 Å². The Morgan fingerprint density at radius 3 is 2.71 bits per heavy atom. The minimum absolute atomic E-state index is 0.176. The fraction of sp³-hybridized carbons (Fsp3) is 0.700. The molecule has 6 nitrogen and oxygen atoms in total. The van der Waals surface area contributed by atoms with Crippen LogP contribution in [0.2, 0.25) is 0 Å². The molecule has 7 heteroatoms. The van der Waals surface area contributed by atoms with Crippen LogP contribution in [-0.4, -0.2) is 42.6 Å². The number of H-pyrrole nitrogens is 1. The zero-order valence-corrected chi connectivity index (χ0v) is 11.5. The lowest BCUT2D eigenvalue weighted by atomic mass is 10.3. The average Bonchev–Trinajstić information content (AvgIpc) is 2.73. The third-order valence-corrected chi connectivity index (χ3v) is 4.44. The van der Waals surface area contributed by atoms with Crippen LogP contribution in [0.5, 0.6) is 0 Å². The number of sulfonamides is 1. The lowest BCUT2D eigenvalue weighted by Gasteiger charge is -2.15. The summed E-state index contributed by atoms with van der Waals surface area (Å²) < 4.78 is 25.5. The largest absolute Gasteiger partial charge is 0.310 e. The average molecular weight is 260 g/mol. The second-order valence-electron chi connectivity index (χ2n) is 4.18. The van der Waals surface area contributed by atoms with Gasteiger partial charge < -0.3 is 5.32 Å². The van der Waals surface area contributed by atoms with Crippen molar-refractivity contribution >= 4 is 10.0 Å². The minimum atomic E-state index is -3.45. The predicted molar refractivity (Wildman–Crippen MR) is 66.1 cm³/mol. The molecule has 1 rings (SSSR count). The van der Waals surface area contributed by atoms with E-state index in [0.717, 1.165) is 0 Å². The third-order valence-electron chi connectivity index (χ3n) is 2.49. The van der Waals surface area contributed by atoms with Crippen LogP contribution >= 0.6 is 0 Å². The fourth-order valence-corrected chi connectivity index (χ4v) is 2.56. The van der Waals surface area contributed by atoms with Crippen molar-refractivity contribution in [2.24, 2.45) is 0 Å². The van der Waals surface area contributed by atoms with Gasteiger partial charge in [0.05, 0.1) is 6.20 Å². The number of nitrogens with zero attached hydrogens (tertiary/aromatic N) is 2. The highest BCUT2D eigenvalue weighted by molar-refractivity contribution is 7.89. The summed E-state index contributed by atoms with van der Waals surface area (Å²) in [6, 6.07) is 0.296. The van der Waals surface area contributed by atoms with Crippen LogP contribution in [0.15, 0.2) is 11.2 Å². The summed E-state index contributed by atoms with van der Waals surface area (Å²) in [4.78, 5) is 0. The molecule has 0 atom stereocenters. The van der Waals surface area contributed by atoms with Gasteiger partial charge in [-0.05, 0) is 0 Å². The quantitative estimate of drug-likeness (QED) is 0.783. The Morgan fingerprint density at radius 2 is 2.18 bits per heavy atom. The topological polar surface area (TPSA) is 78.1 Å². The fourth-order valence-electron chi connectivity index (χ4n) is 1.29. The lowest BCUT2D eigenvalue weighted by Crippen LogP contribution is -2.29. The Morgan fingerprint density at radius 1 is 1.53 bits per heavy atom. The maximum Gasteiger partial charge on any atom is 0.260 e. The van der Waals surface area contributed by atoms with Crippen LogP contribution in [0, 0.1) is 0 Å². The van der Waals surface area contributed by atoms with Crippen molar-refractivity contribution in [1.82, 2.24) is 19.8 Å². The molecule has 0 aromatic carbocycles. The Bertz CT molecular complexity index is 453. The molecule has 0 saturated carbocycles. The van der Waals surface area contributed by atoms with Crippen molar-refractivity contribution in [3.05, 3.63) is 11.8 Å². The van der Waals surface area contributed by atoms with Crippen LogP contribution < -0.4 is 5.32 Å². The molecule has 0 unspecified atom stereocenters. The van der Waals surface area contributed by atoms with Gasteiger partial charge in [0.15, 0.2) is 5.03 Å². The number of aromatic nitrogens is 2. The molecule has 1 aromatic rings. The van der Waals surface area contributed by atoms with Crippen molar-refractivity contribution < 1.29 is 8.42 Å². The van der Waals surface area contributed by atoms with E-state index in [-0.39, 0.29) is 5.03 Å². The van der Waals surface area contributed by atoms with Crippen molar-refractivity contribution in [1.29, 1.82) is 0 Å². The number of aromatic amines is 1. The van der Waals surface area contributed by atoms with E-state index in [9.17, 15) is 8.42 Å². The molecule has 1 aromatic heterocycles. The van der Waals surface area contributed by atoms with Gasteiger partial charge in [-0.25, -0.2) is 8.42 Å². The number of rotatable bonds is 6. The van der Waals surface area contributed by atoms with Gasteiger partial charge in [-0.3, -0.25) is 5.10 Å². The standard InChI is InChI=1S/C10H20N4O2S/c1-5-14(4)17(15,16)10-9(7-12-13-10)6-11-8(2)3/h7-8,11H,5-6H2,1-4H3,(H,12,13). The van der Waals surface area contributed by atoms with Crippen molar-refractivity contribution in [3.8, 4) is 0 Å². The highest BCUT2D eigenvalue weighted by atomic mass is 32.2. The molecular weight excluding hydrogens is 240 g/mol. The van der Waals surface area contributed by atoms with E-state index in [0.29, 0.717) is 24.7 Å². The van der Waals surface area contributed by atoms with E-state index < -0.39 is 10.0 Å². The molecule has 0 aliphatic rings. The van der Waals surface area contributed by atoms with Gasteiger partial charge >= 0.3 is 0 Å². The van der Waals surface area contributed by atoms with E-state index in [1.165, 1.54) is 4.31 Å². The lowest BCUT2D eigenvalue weighted by molar-refractivity contribution is 0.480. The second-order valence-corrected chi connectivity index (χ2v) is 6.16. The predicted octanol–water partition coefficient (Wildman–Crippen LogP) is 0.548. The maximum absolute atomic E-state index is 12.1. The number of nitrogens with one attached hydrogen (secondary N) is 2. The SMILES string of the molecule is CCN(C)S(=O)(=O)c1[nH]ncc1CNC(C)C. The van der Waals surface area contributed by atoms with Gasteiger partial charge in [0.25, 0.3) is 10.0 Å². The zero-order chi connectivity index (χ0) is 13.1. The summed E-state index contributed by atoms with van der Waals surface area (Å²) in [7, 11) is -1.90. The summed E-state index contributed by atoms with van der Waals surface area (Å²) in [6.07, 6.45) is 1.55. The van der Waals surface area contributed by atoms with Crippen molar-refractivity contribution in [2.45, 2.75) is 38.4 Å². The van der Waals surface area contributed by atoms with Crippen LogP contribution in [0.4, 0.5) is 0 Å². The molecule has 0 amide bonds. The van der Waals surface area contributed by atoms with E-state index in [4.69, 9.17) is 0 Å². The molecule has 0 spiro atoms. The van der Waals surface area contributed by atoms with Gasteiger partial charge in [-0.2, -0.15) is 9.40 Å². The summed E-state index contributed by atoms with van der Waals surface area (Å²) in [5, 5.41) is 9.73. The smallest absolute Gasteiger partial charge is 0.260 e. The first-order chi connectivity index (χ1) is 7.89. The molecule has 0 saturated heterocycles. The molecule has 98 valence electrons. The molecule has 0 radical (unpaired) electrons. The molecule has 0 aliphatic heterocycles. The maximum atomic E-state index is 12.1. The van der Waals surface area contributed by atoms with Gasteiger partial charge in [0.2, 0.25) is 0 Å². The highest BCUT2D eigenvalue weighted by Gasteiger charge is 2.24. The summed E-state index contributed by atoms with van der Waals surface area (Å²) in [5.41, 5.74) is 0.666. The molecule has 0 bridgehead atoms. The Hall–Kier alpha value is -0.920. The normalized spacial score (nSPS) is 12.6. The first-order valence-corrected chi connectivity index (χ1v) is 7.05. The molecule has 2 N–H and O–H groups in total. The third kappa shape index (κ3) is 3.27. The van der Waals surface area contributed by atoms with Gasteiger partial charge in [0, 0.05) is 31.7 Å². The molecule has 17 heavy (non-hydrogen) atoms. The Kier molecular flexibility index (Phi) is 4.67. The van der Waals surface area contributed by atoms with E-state index in [1.807, 2.05) is 13.8 Å². The van der Waals surface area contributed by atoms with Crippen LogP contribution in [0.1, 0.15) is 26.3 Å². The van der Waals surface area contributed by atoms with E-state index in [2.05, 4.69) is 15.5 Å². The summed E-state index contributed by atoms with van der Waals surface area (Å²) in [6.45, 7) is 6.72.